The average molecular weight is 361 g/mol. The van der Waals surface area contributed by atoms with E-state index in [1.54, 1.807) is 0 Å². The third-order valence-corrected chi connectivity index (χ3v) is 5.93. The Morgan fingerprint density at radius 2 is 1.54 bits per heavy atom. The molecule has 0 atom stereocenters. The van der Waals surface area contributed by atoms with Crippen LogP contribution in [0.4, 0.5) is 0 Å². The van der Waals surface area contributed by atoms with E-state index < -0.39 is 10.1 Å². The lowest BCUT2D eigenvalue weighted by Crippen LogP contribution is -2.26. The monoisotopic (exact) mass is 361 g/mol. The Morgan fingerprint density at radius 3 is 2.31 bits per heavy atom. The van der Waals surface area contributed by atoms with Crippen LogP contribution in [-0.2, 0) is 23.0 Å². The lowest BCUT2D eigenvalue weighted by atomic mass is 9.87. The first kappa shape index (κ1) is 15.5. The minimum Gasteiger partial charge on any atom is -0.281 e. The van der Waals surface area contributed by atoms with Crippen molar-refractivity contribution in [2.24, 2.45) is 0 Å². The Labute approximate surface area is 150 Å². The van der Waals surface area contributed by atoms with Crippen LogP contribution in [0.1, 0.15) is 33.4 Å². The molecular formula is C21H15NO3S. The number of benzene rings is 2. The van der Waals surface area contributed by atoms with Crippen molar-refractivity contribution in [2.75, 3.05) is 0 Å². The highest BCUT2D eigenvalue weighted by atomic mass is 32.2. The number of nitrogens with zero attached hydrogens (tertiary/aromatic N) is 1. The lowest BCUT2D eigenvalue weighted by molar-refractivity contribution is 0.479. The molecule has 2 aliphatic carbocycles. The van der Waals surface area contributed by atoms with E-state index in [1.807, 2.05) is 24.3 Å². The zero-order valence-electron chi connectivity index (χ0n) is 13.8. The fourth-order valence-corrected chi connectivity index (χ4v) is 4.54. The highest BCUT2D eigenvalue weighted by molar-refractivity contribution is 7.85. The largest absolute Gasteiger partial charge is 0.312 e. The van der Waals surface area contributed by atoms with Gasteiger partial charge in [-0.25, -0.2) is 4.98 Å². The van der Waals surface area contributed by atoms with Crippen molar-refractivity contribution >= 4 is 22.3 Å². The molecule has 2 aliphatic rings. The predicted molar refractivity (Wildman–Crippen MR) is 98.9 cm³/mol. The van der Waals surface area contributed by atoms with E-state index in [9.17, 15) is 13.0 Å². The maximum Gasteiger partial charge on any atom is 0.312 e. The first-order valence-corrected chi connectivity index (χ1v) is 9.81. The maximum atomic E-state index is 11.7. The molecule has 0 saturated heterocycles. The summed E-state index contributed by atoms with van der Waals surface area (Å²) in [5, 5.41) is 1.93. The number of hydrogen-bond acceptors (Lipinski definition) is 3. The summed E-state index contributed by atoms with van der Waals surface area (Å²) in [6.07, 6.45) is 6.94. The van der Waals surface area contributed by atoms with Crippen LogP contribution in [0.3, 0.4) is 0 Å². The Bertz CT molecular complexity index is 1310. The van der Waals surface area contributed by atoms with Crippen LogP contribution in [0.25, 0.3) is 12.2 Å². The molecule has 4 nitrogen and oxygen atoms in total. The van der Waals surface area contributed by atoms with Crippen molar-refractivity contribution in [3.05, 3.63) is 92.5 Å². The quantitative estimate of drug-likeness (QED) is 0.462. The highest BCUT2D eigenvalue weighted by Crippen LogP contribution is 2.24. The second-order valence-electron chi connectivity index (χ2n) is 6.75. The first-order chi connectivity index (χ1) is 12.5. The van der Waals surface area contributed by atoms with E-state index >= 15 is 0 Å². The van der Waals surface area contributed by atoms with Gasteiger partial charge in [0.1, 0.15) is 0 Å². The molecule has 0 aliphatic heterocycles. The standard InChI is InChI=1S/C21H15NO3S/c23-26(24,25)21-20-12-19-11-17-8-14-4-2-1-3-13(14)7-16(17)10-18(19)9-15(20)5-6-22-21/h1-7,10-12H,8-9H2,(H,23,24,25). The van der Waals surface area contributed by atoms with Crippen LogP contribution in [-0.4, -0.2) is 18.0 Å². The smallest absolute Gasteiger partial charge is 0.281 e. The van der Waals surface area contributed by atoms with Crippen molar-refractivity contribution in [2.45, 2.75) is 17.9 Å². The molecule has 2 aromatic carbocycles. The summed E-state index contributed by atoms with van der Waals surface area (Å²) in [4.78, 5) is 3.88. The van der Waals surface area contributed by atoms with Crippen LogP contribution in [0.5, 0.6) is 0 Å². The molecule has 128 valence electrons. The topological polar surface area (TPSA) is 67.3 Å². The summed E-state index contributed by atoms with van der Waals surface area (Å²) in [5.41, 5.74) is 6.26. The molecule has 1 N–H and O–H groups in total. The van der Waals surface area contributed by atoms with E-state index in [-0.39, 0.29) is 5.03 Å². The van der Waals surface area contributed by atoms with E-state index in [0.717, 1.165) is 22.8 Å². The van der Waals surface area contributed by atoms with E-state index in [1.165, 1.54) is 28.1 Å². The van der Waals surface area contributed by atoms with E-state index in [2.05, 4.69) is 35.3 Å². The molecule has 0 spiro atoms. The molecule has 0 saturated carbocycles. The molecule has 26 heavy (non-hydrogen) atoms. The third kappa shape index (κ3) is 2.40. The van der Waals surface area contributed by atoms with Gasteiger partial charge >= 0.3 is 10.1 Å². The predicted octanol–water partition coefficient (Wildman–Crippen LogP) is 1.79. The summed E-state index contributed by atoms with van der Waals surface area (Å²) in [6.45, 7) is 0. The van der Waals surface area contributed by atoms with Crippen molar-refractivity contribution in [1.29, 1.82) is 0 Å². The molecule has 5 heteroatoms. The van der Waals surface area contributed by atoms with Crippen LogP contribution in [0, 0.1) is 0 Å². The molecule has 1 heterocycles. The van der Waals surface area contributed by atoms with Gasteiger partial charge in [0.05, 0.1) is 0 Å². The van der Waals surface area contributed by atoms with Gasteiger partial charge in [0.2, 0.25) is 0 Å². The fraction of sp³-hybridized carbons (Fsp3) is 0.0952. The van der Waals surface area contributed by atoms with Gasteiger partial charge in [-0.2, -0.15) is 8.42 Å². The summed E-state index contributed by atoms with van der Waals surface area (Å²) in [6, 6.07) is 14.5. The van der Waals surface area contributed by atoms with Gasteiger partial charge in [-0.05, 0) is 69.3 Å². The van der Waals surface area contributed by atoms with Gasteiger partial charge in [0.15, 0.2) is 5.03 Å². The molecular weight excluding hydrogens is 346 g/mol. The molecule has 0 fully saturated rings. The SMILES string of the molecule is O=S(=O)(O)c1nccc2c1C=c1cc3c(cc1C2)=Cc1ccccc1C3. The minimum absolute atomic E-state index is 0.268. The van der Waals surface area contributed by atoms with Gasteiger partial charge in [-0.1, -0.05) is 36.4 Å². The van der Waals surface area contributed by atoms with Gasteiger partial charge in [-0.3, -0.25) is 4.55 Å². The van der Waals surface area contributed by atoms with Crippen LogP contribution < -0.4 is 10.4 Å². The Hall–Kier alpha value is -2.76. The molecule has 0 amide bonds. The maximum absolute atomic E-state index is 11.7. The molecule has 3 aromatic rings. The normalized spacial score (nSPS) is 14.2. The molecule has 0 unspecified atom stereocenters. The zero-order valence-corrected chi connectivity index (χ0v) is 14.6. The lowest BCUT2D eigenvalue weighted by Gasteiger charge is -2.18. The van der Waals surface area contributed by atoms with Gasteiger partial charge in [0.25, 0.3) is 0 Å². The zero-order chi connectivity index (χ0) is 17.9. The van der Waals surface area contributed by atoms with Crippen molar-refractivity contribution in [3.63, 3.8) is 0 Å². The number of rotatable bonds is 1. The molecule has 5 rings (SSSR count). The fourth-order valence-electron chi connectivity index (χ4n) is 3.88. The highest BCUT2D eigenvalue weighted by Gasteiger charge is 2.22. The van der Waals surface area contributed by atoms with Crippen LogP contribution >= 0.6 is 0 Å². The van der Waals surface area contributed by atoms with Crippen molar-refractivity contribution in [1.82, 2.24) is 4.98 Å². The van der Waals surface area contributed by atoms with E-state index in [4.69, 9.17) is 0 Å². The van der Waals surface area contributed by atoms with Gasteiger partial charge in [0, 0.05) is 11.8 Å². The van der Waals surface area contributed by atoms with Crippen LogP contribution in [0.15, 0.2) is 53.7 Å². The summed E-state index contributed by atoms with van der Waals surface area (Å²) in [7, 11) is -4.35. The number of fused-ring (bicyclic) bond motifs is 4. The summed E-state index contributed by atoms with van der Waals surface area (Å²) < 4.78 is 32.8. The Balaban J connectivity index is 1.76. The van der Waals surface area contributed by atoms with E-state index in [0.29, 0.717) is 12.0 Å². The van der Waals surface area contributed by atoms with Crippen molar-refractivity contribution in [3.8, 4) is 0 Å². The molecule has 0 bridgehead atoms. The molecule has 1 aromatic heterocycles. The average Bonchev–Trinajstić information content (AvgIpc) is 2.61. The van der Waals surface area contributed by atoms with Crippen LogP contribution in [0.2, 0.25) is 0 Å². The minimum atomic E-state index is -4.35. The summed E-state index contributed by atoms with van der Waals surface area (Å²) in [5.74, 6) is 0. The first-order valence-electron chi connectivity index (χ1n) is 8.37. The number of aromatic nitrogens is 1. The van der Waals surface area contributed by atoms with Crippen molar-refractivity contribution < 1.29 is 13.0 Å². The molecule has 0 radical (unpaired) electrons. The second-order valence-corrected chi connectivity index (χ2v) is 8.09. The van der Waals surface area contributed by atoms with Gasteiger partial charge < -0.3 is 0 Å². The Morgan fingerprint density at radius 1 is 0.846 bits per heavy atom. The Kier molecular flexibility index (Phi) is 3.20. The second kappa shape index (κ2) is 5.37. The third-order valence-electron chi connectivity index (χ3n) is 5.12. The number of hydrogen-bond donors (Lipinski definition) is 1. The summed E-state index contributed by atoms with van der Waals surface area (Å²) >= 11 is 0. The van der Waals surface area contributed by atoms with Gasteiger partial charge in [-0.15, -0.1) is 0 Å². The number of pyridine rings is 1.